The van der Waals surface area contributed by atoms with E-state index in [2.05, 4.69) is 6.92 Å². The summed E-state index contributed by atoms with van der Waals surface area (Å²) in [5.41, 5.74) is 0.787. The first-order valence-electron chi connectivity index (χ1n) is 8.72. The molecule has 0 aromatic heterocycles. The summed E-state index contributed by atoms with van der Waals surface area (Å²) < 4.78 is 0. The number of fused-ring (bicyclic) bond motifs is 1. The smallest absolute Gasteiger partial charge is 0.166 e. The standard InChI is InChI=1S/C18H30O2/c1-2-3-4-5-6-7-8-13-16-17(19)14-11-9-10-12-15(14)18(16)20/h14-15,19H,2-13H2,1H3/t14-,15+/m0/s1. The van der Waals surface area contributed by atoms with Gasteiger partial charge >= 0.3 is 0 Å². The van der Waals surface area contributed by atoms with Crippen molar-refractivity contribution in [3.8, 4) is 0 Å². The SMILES string of the molecule is CCCCCCCCCC1=C(O)[C@H]2CCCC[C@H]2C1=O. The van der Waals surface area contributed by atoms with Gasteiger partial charge in [0.15, 0.2) is 5.78 Å². The summed E-state index contributed by atoms with van der Waals surface area (Å²) in [7, 11) is 0. The van der Waals surface area contributed by atoms with Gasteiger partial charge in [-0.3, -0.25) is 4.79 Å². The Kier molecular flexibility index (Phi) is 6.12. The van der Waals surface area contributed by atoms with E-state index < -0.39 is 0 Å². The number of hydrogen-bond donors (Lipinski definition) is 1. The molecule has 114 valence electrons. The summed E-state index contributed by atoms with van der Waals surface area (Å²) in [5, 5.41) is 10.3. The Balaban J connectivity index is 1.72. The number of unbranched alkanes of at least 4 members (excludes halogenated alkanes) is 6. The molecule has 0 aliphatic heterocycles. The monoisotopic (exact) mass is 278 g/mol. The van der Waals surface area contributed by atoms with Crippen molar-refractivity contribution in [3.05, 3.63) is 11.3 Å². The maximum atomic E-state index is 12.3. The van der Waals surface area contributed by atoms with E-state index in [1.165, 1.54) is 44.9 Å². The van der Waals surface area contributed by atoms with Gasteiger partial charge in [0.1, 0.15) is 5.76 Å². The van der Waals surface area contributed by atoms with Gasteiger partial charge in [-0.1, -0.05) is 58.3 Å². The molecule has 1 N–H and O–H groups in total. The van der Waals surface area contributed by atoms with Gasteiger partial charge in [-0.2, -0.15) is 0 Å². The third-order valence-electron chi connectivity index (χ3n) is 5.09. The number of rotatable bonds is 8. The molecule has 0 bridgehead atoms. The maximum absolute atomic E-state index is 12.3. The predicted octanol–water partition coefficient (Wildman–Crippen LogP) is 5.33. The van der Waals surface area contributed by atoms with Crippen LogP contribution in [0.1, 0.15) is 84.0 Å². The van der Waals surface area contributed by atoms with E-state index in [0.717, 1.165) is 37.7 Å². The normalized spacial score (nSPS) is 26.1. The van der Waals surface area contributed by atoms with Crippen LogP contribution in [0.15, 0.2) is 11.3 Å². The third kappa shape index (κ3) is 3.65. The number of carbonyl (C=O) groups is 1. The number of allylic oxidation sites excluding steroid dienone is 2. The van der Waals surface area contributed by atoms with Crippen molar-refractivity contribution in [2.75, 3.05) is 0 Å². The summed E-state index contributed by atoms with van der Waals surface area (Å²) in [4.78, 5) is 12.3. The zero-order chi connectivity index (χ0) is 14.4. The summed E-state index contributed by atoms with van der Waals surface area (Å²) in [6, 6.07) is 0. The van der Waals surface area contributed by atoms with Crippen molar-refractivity contribution in [2.45, 2.75) is 84.0 Å². The Morgan fingerprint density at radius 1 is 0.950 bits per heavy atom. The van der Waals surface area contributed by atoms with Crippen molar-refractivity contribution in [1.82, 2.24) is 0 Å². The Morgan fingerprint density at radius 3 is 2.20 bits per heavy atom. The minimum atomic E-state index is 0.128. The number of hydrogen-bond acceptors (Lipinski definition) is 2. The number of Topliss-reactive ketones (excluding diaryl/α,β-unsaturated/α-hetero) is 1. The largest absolute Gasteiger partial charge is 0.512 e. The molecular formula is C18H30O2. The van der Waals surface area contributed by atoms with E-state index in [-0.39, 0.29) is 17.6 Å². The van der Waals surface area contributed by atoms with Crippen LogP contribution in [0, 0.1) is 11.8 Å². The predicted molar refractivity (Wildman–Crippen MR) is 82.7 cm³/mol. The second-order valence-corrected chi connectivity index (χ2v) is 6.60. The summed E-state index contributed by atoms with van der Waals surface area (Å²) in [6.45, 7) is 2.24. The zero-order valence-corrected chi connectivity index (χ0v) is 13.0. The fourth-order valence-electron chi connectivity index (χ4n) is 3.86. The van der Waals surface area contributed by atoms with Gasteiger partial charge in [-0.25, -0.2) is 0 Å². The fraction of sp³-hybridized carbons (Fsp3) is 0.833. The molecule has 0 heterocycles. The molecular weight excluding hydrogens is 248 g/mol. The lowest BCUT2D eigenvalue weighted by Crippen LogP contribution is -2.21. The molecule has 2 rings (SSSR count). The summed E-state index contributed by atoms with van der Waals surface area (Å²) in [6.07, 6.45) is 14.0. The highest BCUT2D eigenvalue weighted by molar-refractivity contribution is 6.00. The summed E-state index contributed by atoms with van der Waals surface area (Å²) >= 11 is 0. The molecule has 0 radical (unpaired) electrons. The highest BCUT2D eigenvalue weighted by atomic mass is 16.3. The van der Waals surface area contributed by atoms with E-state index in [1.54, 1.807) is 0 Å². The molecule has 0 spiro atoms. The molecule has 0 aromatic rings. The van der Waals surface area contributed by atoms with E-state index >= 15 is 0 Å². The van der Waals surface area contributed by atoms with Crippen LogP contribution in [0.25, 0.3) is 0 Å². The van der Waals surface area contributed by atoms with Crippen LogP contribution in [0.2, 0.25) is 0 Å². The molecule has 20 heavy (non-hydrogen) atoms. The molecule has 1 fully saturated rings. The second-order valence-electron chi connectivity index (χ2n) is 6.60. The average molecular weight is 278 g/mol. The van der Waals surface area contributed by atoms with Gasteiger partial charge in [0.25, 0.3) is 0 Å². The molecule has 2 aliphatic carbocycles. The number of ketones is 1. The average Bonchev–Trinajstić information content (AvgIpc) is 2.71. The Bertz CT molecular complexity index is 356. The van der Waals surface area contributed by atoms with E-state index in [0.29, 0.717) is 5.76 Å². The maximum Gasteiger partial charge on any atom is 0.166 e. The zero-order valence-electron chi connectivity index (χ0n) is 13.0. The van der Waals surface area contributed by atoms with Crippen LogP contribution in [0.5, 0.6) is 0 Å². The topological polar surface area (TPSA) is 37.3 Å². The van der Waals surface area contributed by atoms with Crippen LogP contribution in [-0.4, -0.2) is 10.9 Å². The van der Waals surface area contributed by atoms with Crippen LogP contribution in [-0.2, 0) is 4.79 Å². The van der Waals surface area contributed by atoms with E-state index in [9.17, 15) is 9.90 Å². The van der Waals surface area contributed by atoms with Crippen LogP contribution in [0.3, 0.4) is 0 Å². The lowest BCUT2D eigenvalue weighted by Gasteiger charge is -2.23. The minimum Gasteiger partial charge on any atom is -0.512 e. The first kappa shape index (κ1) is 15.6. The van der Waals surface area contributed by atoms with Crippen molar-refractivity contribution in [1.29, 1.82) is 0 Å². The highest BCUT2D eigenvalue weighted by Crippen LogP contribution is 2.43. The minimum absolute atomic E-state index is 0.128. The molecule has 1 saturated carbocycles. The Labute approximate surface area is 123 Å². The molecule has 2 nitrogen and oxygen atoms in total. The second kappa shape index (κ2) is 7.85. The molecule has 2 atom stereocenters. The van der Waals surface area contributed by atoms with Gasteiger partial charge < -0.3 is 5.11 Å². The van der Waals surface area contributed by atoms with Gasteiger partial charge in [0.2, 0.25) is 0 Å². The number of carbonyl (C=O) groups excluding carboxylic acids is 1. The van der Waals surface area contributed by atoms with Gasteiger partial charge in [0.05, 0.1) is 0 Å². The highest BCUT2D eigenvalue weighted by Gasteiger charge is 2.42. The van der Waals surface area contributed by atoms with E-state index in [4.69, 9.17) is 0 Å². The molecule has 0 aromatic carbocycles. The quantitative estimate of drug-likeness (QED) is 0.609. The molecule has 0 saturated heterocycles. The van der Waals surface area contributed by atoms with Crippen molar-refractivity contribution >= 4 is 5.78 Å². The fourth-order valence-corrected chi connectivity index (χ4v) is 3.86. The van der Waals surface area contributed by atoms with Crippen molar-refractivity contribution in [2.24, 2.45) is 11.8 Å². The lowest BCUT2D eigenvalue weighted by molar-refractivity contribution is -0.120. The van der Waals surface area contributed by atoms with Crippen LogP contribution >= 0.6 is 0 Å². The lowest BCUT2D eigenvalue weighted by atomic mass is 9.80. The van der Waals surface area contributed by atoms with Gasteiger partial charge in [-0.15, -0.1) is 0 Å². The Hall–Kier alpha value is -0.790. The third-order valence-corrected chi connectivity index (χ3v) is 5.09. The van der Waals surface area contributed by atoms with Gasteiger partial charge in [-0.05, 0) is 25.7 Å². The van der Waals surface area contributed by atoms with Crippen molar-refractivity contribution in [3.63, 3.8) is 0 Å². The number of aliphatic hydroxyl groups is 1. The first-order valence-corrected chi connectivity index (χ1v) is 8.72. The van der Waals surface area contributed by atoms with E-state index in [1.807, 2.05) is 0 Å². The molecule has 0 unspecified atom stereocenters. The van der Waals surface area contributed by atoms with Crippen LogP contribution in [0.4, 0.5) is 0 Å². The molecule has 0 amide bonds. The first-order chi connectivity index (χ1) is 9.75. The molecule has 2 aliphatic rings. The van der Waals surface area contributed by atoms with Crippen molar-refractivity contribution < 1.29 is 9.90 Å². The molecule has 2 heteroatoms. The summed E-state index contributed by atoms with van der Waals surface area (Å²) in [5.74, 6) is 1.04. The number of aliphatic hydroxyl groups excluding tert-OH is 1. The Morgan fingerprint density at radius 2 is 1.55 bits per heavy atom. The van der Waals surface area contributed by atoms with Crippen LogP contribution < -0.4 is 0 Å². The van der Waals surface area contributed by atoms with Gasteiger partial charge in [0, 0.05) is 17.4 Å².